The molecule has 0 radical (unpaired) electrons. The Labute approximate surface area is 129 Å². The number of nitrogens with one attached hydrogen (secondary N) is 1. The molecule has 0 aliphatic carbocycles. The summed E-state index contributed by atoms with van der Waals surface area (Å²) in [6, 6.07) is 4.84. The van der Waals surface area contributed by atoms with Gasteiger partial charge in [0.1, 0.15) is 6.29 Å². The van der Waals surface area contributed by atoms with Crippen molar-refractivity contribution in [1.29, 1.82) is 0 Å². The van der Waals surface area contributed by atoms with Crippen LogP contribution in [0.1, 0.15) is 30.1 Å². The summed E-state index contributed by atoms with van der Waals surface area (Å²) in [5.41, 5.74) is 0.499. The molecule has 1 aliphatic heterocycles. The number of aldehydes is 1. The first-order valence-corrected chi connectivity index (χ1v) is 7.46. The SMILES string of the molecule is CCOc1cc(C=O)ccc1OCC(=O)NCC1CCCO1. The second-order valence-corrected chi connectivity index (χ2v) is 4.98. The lowest BCUT2D eigenvalue weighted by Crippen LogP contribution is -2.35. The van der Waals surface area contributed by atoms with E-state index in [1.54, 1.807) is 18.2 Å². The van der Waals surface area contributed by atoms with E-state index in [1.807, 2.05) is 6.92 Å². The van der Waals surface area contributed by atoms with Gasteiger partial charge in [-0.05, 0) is 38.0 Å². The van der Waals surface area contributed by atoms with E-state index >= 15 is 0 Å². The van der Waals surface area contributed by atoms with Crippen molar-refractivity contribution in [3.8, 4) is 11.5 Å². The average Bonchev–Trinajstić information content (AvgIpc) is 3.05. The third-order valence-electron chi connectivity index (χ3n) is 3.31. The number of carbonyl (C=O) groups is 2. The number of hydrogen-bond acceptors (Lipinski definition) is 5. The molecule has 1 amide bonds. The van der Waals surface area contributed by atoms with Crippen LogP contribution in [-0.2, 0) is 9.53 Å². The van der Waals surface area contributed by atoms with Crippen LogP contribution < -0.4 is 14.8 Å². The van der Waals surface area contributed by atoms with Crippen LogP contribution in [0.15, 0.2) is 18.2 Å². The van der Waals surface area contributed by atoms with Crippen LogP contribution in [0.5, 0.6) is 11.5 Å². The molecular weight excluding hydrogens is 286 g/mol. The van der Waals surface area contributed by atoms with Crippen molar-refractivity contribution in [2.24, 2.45) is 0 Å². The molecule has 1 unspecified atom stereocenters. The first kappa shape index (κ1) is 16.3. The third kappa shape index (κ3) is 4.73. The van der Waals surface area contributed by atoms with Gasteiger partial charge in [0.05, 0.1) is 12.7 Å². The van der Waals surface area contributed by atoms with Gasteiger partial charge >= 0.3 is 0 Å². The van der Waals surface area contributed by atoms with E-state index in [1.165, 1.54) is 0 Å². The van der Waals surface area contributed by atoms with Crippen molar-refractivity contribution >= 4 is 12.2 Å². The molecule has 1 fully saturated rings. The Morgan fingerprint density at radius 3 is 2.95 bits per heavy atom. The topological polar surface area (TPSA) is 73.9 Å². The zero-order valence-corrected chi connectivity index (χ0v) is 12.7. The highest BCUT2D eigenvalue weighted by Gasteiger charge is 2.16. The van der Waals surface area contributed by atoms with Gasteiger partial charge in [0, 0.05) is 18.7 Å². The minimum Gasteiger partial charge on any atom is -0.490 e. The minimum absolute atomic E-state index is 0.104. The maximum Gasteiger partial charge on any atom is 0.258 e. The predicted octanol–water partition coefficient (Wildman–Crippen LogP) is 1.57. The fourth-order valence-corrected chi connectivity index (χ4v) is 2.21. The number of ether oxygens (including phenoxy) is 3. The summed E-state index contributed by atoms with van der Waals surface area (Å²) in [6.07, 6.45) is 2.86. The first-order chi connectivity index (χ1) is 10.7. The van der Waals surface area contributed by atoms with Crippen molar-refractivity contribution in [2.75, 3.05) is 26.4 Å². The van der Waals surface area contributed by atoms with Crippen molar-refractivity contribution in [3.63, 3.8) is 0 Å². The third-order valence-corrected chi connectivity index (χ3v) is 3.31. The first-order valence-electron chi connectivity index (χ1n) is 7.46. The Morgan fingerprint density at radius 1 is 1.41 bits per heavy atom. The van der Waals surface area contributed by atoms with Crippen LogP contribution in [0.25, 0.3) is 0 Å². The normalized spacial score (nSPS) is 17.0. The van der Waals surface area contributed by atoms with Crippen LogP contribution in [0, 0.1) is 0 Å². The second kappa shape index (κ2) is 8.38. The highest BCUT2D eigenvalue weighted by molar-refractivity contribution is 5.78. The number of carbonyl (C=O) groups excluding carboxylic acids is 2. The lowest BCUT2D eigenvalue weighted by Gasteiger charge is -2.13. The van der Waals surface area contributed by atoms with Gasteiger partial charge in [0.2, 0.25) is 0 Å². The number of hydrogen-bond donors (Lipinski definition) is 1. The minimum atomic E-state index is -0.211. The molecule has 1 aromatic rings. The van der Waals surface area contributed by atoms with Gasteiger partial charge in [-0.25, -0.2) is 0 Å². The van der Waals surface area contributed by atoms with Gasteiger partial charge in [0.15, 0.2) is 18.1 Å². The molecule has 0 spiro atoms. The predicted molar refractivity (Wildman–Crippen MR) is 80.5 cm³/mol. The molecule has 1 heterocycles. The highest BCUT2D eigenvalue weighted by atomic mass is 16.5. The van der Waals surface area contributed by atoms with Crippen LogP contribution in [0.4, 0.5) is 0 Å². The van der Waals surface area contributed by atoms with E-state index in [0.29, 0.717) is 30.2 Å². The molecule has 2 rings (SSSR count). The molecule has 0 saturated carbocycles. The van der Waals surface area contributed by atoms with Gasteiger partial charge in [-0.1, -0.05) is 0 Å². The molecule has 6 heteroatoms. The summed E-state index contributed by atoms with van der Waals surface area (Å²) in [7, 11) is 0. The molecular formula is C16H21NO5. The molecule has 1 N–H and O–H groups in total. The summed E-state index contributed by atoms with van der Waals surface area (Å²) in [6.45, 7) is 3.45. The molecule has 1 aromatic carbocycles. The van der Waals surface area contributed by atoms with E-state index in [2.05, 4.69) is 5.32 Å². The van der Waals surface area contributed by atoms with Crippen molar-refractivity contribution in [2.45, 2.75) is 25.9 Å². The van der Waals surface area contributed by atoms with Crippen LogP contribution in [-0.4, -0.2) is 44.7 Å². The van der Waals surface area contributed by atoms with Gasteiger partial charge < -0.3 is 19.5 Å². The smallest absolute Gasteiger partial charge is 0.258 e. The van der Waals surface area contributed by atoms with Crippen LogP contribution in [0.2, 0.25) is 0 Å². The molecule has 120 valence electrons. The summed E-state index contributed by atoms with van der Waals surface area (Å²) in [5, 5.41) is 2.78. The fraction of sp³-hybridized carbons (Fsp3) is 0.500. The van der Waals surface area contributed by atoms with Gasteiger partial charge in [0.25, 0.3) is 5.91 Å². The summed E-state index contributed by atoms with van der Waals surface area (Å²) >= 11 is 0. The summed E-state index contributed by atoms with van der Waals surface area (Å²) in [4.78, 5) is 22.6. The van der Waals surface area contributed by atoms with E-state index in [9.17, 15) is 9.59 Å². The molecule has 0 aromatic heterocycles. The van der Waals surface area contributed by atoms with Crippen molar-refractivity contribution < 1.29 is 23.8 Å². The van der Waals surface area contributed by atoms with Gasteiger partial charge in [-0.3, -0.25) is 9.59 Å². The quantitative estimate of drug-likeness (QED) is 0.738. The Balaban J connectivity index is 1.84. The number of benzene rings is 1. The van der Waals surface area contributed by atoms with E-state index in [0.717, 1.165) is 25.7 Å². The van der Waals surface area contributed by atoms with Crippen LogP contribution in [0.3, 0.4) is 0 Å². The van der Waals surface area contributed by atoms with Gasteiger partial charge in [-0.15, -0.1) is 0 Å². The molecule has 1 atom stereocenters. The fourth-order valence-electron chi connectivity index (χ4n) is 2.21. The maximum atomic E-state index is 11.8. The molecule has 6 nitrogen and oxygen atoms in total. The summed E-state index contributed by atoms with van der Waals surface area (Å²) < 4.78 is 16.3. The number of rotatable bonds is 8. The zero-order chi connectivity index (χ0) is 15.8. The molecule has 1 saturated heterocycles. The zero-order valence-electron chi connectivity index (χ0n) is 12.7. The molecule has 1 aliphatic rings. The standard InChI is InChI=1S/C16H21NO5/c1-2-20-15-8-12(10-18)5-6-14(15)22-11-16(19)17-9-13-4-3-7-21-13/h5-6,8,10,13H,2-4,7,9,11H2,1H3,(H,17,19). The van der Waals surface area contributed by atoms with E-state index in [-0.39, 0.29) is 18.6 Å². The molecule has 22 heavy (non-hydrogen) atoms. The monoisotopic (exact) mass is 307 g/mol. The average molecular weight is 307 g/mol. The summed E-state index contributed by atoms with van der Waals surface area (Å²) in [5.74, 6) is 0.691. The lowest BCUT2D eigenvalue weighted by molar-refractivity contribution is -0.123. The molecule has 0 bridgehead atoms. The van der Waals surface area contributed by atoms with E-state index < -0.39 is 0 Å². The second-order valence-electron chi connectivity index (χ2n) is 4.98. The Bertz CT molecular complexity index is 511. The van der Waals surface area contributed by atoms with E-state index in [4.69, 9.17) is 14.2 Å². The maximum absolute atomic E-state index is 11.8. The van der Waals surface area contributed by atoms with Crippen LogP contribution >= 0.6 is 0 Å². The number of amides is 1. The Kier molecular flexibility index (Phi) is 6.21. The van der Waals surface area contributed by atoms with Crippen molar-refractivity contribution in [3.05, 3.63) is 23.8 Å². The highest BCUT2D eigenvalue weighted by Crippen LogP contribution is 2.27. The Hall–Kier alpha value is -2.08. The van der Waals surface area contributed by atoms with Gasteiger partial charge in [-0.2, -0.15) is 0 Å². The Morgan fingerprint density at radius 2 is 2.27 bits per heavy atom. The lowest BCUT2D eigenvalue weighted by atomic mass is 10.2. The van der Waals surface area contributed by atoms with Crippen molar-refractivity contribution in [1.82, 2.24) is 5.32 Å². The largest absolute Gasteiger partial charge is 0.490 e.